The molecule has 3 nitrogen and oxygen atoms in total. The van der Waals surface area contributed by atoms with Crippen molar-refractivity contribution < 1.29 is 8.81 Å². The third-order valence-electron chi connectivity index (χ3n) is 2.31. The van der Waals surface area contributed by atoms with Crippen LogP contribution in [0.3, 0.4) is 0 Å². The molecule has 1 aromatic heterocycles. The second-order valence-corrected chi connectivity index (χ2v) is 4.19. The number of benzene rings is 1. The largest absolute Gasteiger partial charge is 0.444 e. The van der Waals surface area contributed by atoms with Gasteiger partial charge in [-0.15, -0.1) is 0 Å². The Labute approximate surface area is 99.7 Å². The number of halogens is 1. The van der Waals surface area contributed by atoms with E-state index in [1.54, 1.807) is 18.4 Å². The Bertz CT molecular complexity index is 494. The number of nitrogens with zero attached hydrogens (tertiary/aromatic N) is 1. The molecule has 0 bridgehead atoms. The fourth-order valence-electron chi connectivity index (χ4n) is 1.45. The van der Waals surface area contributed by atoms with Gasteiger partial charge in [0.2, 0.25) is 5.89 Å². The van der Waals surface area contributed by atoms with Crippen LogP contribution in [0.5, 0.6) is 0 Å². The van der Waals surface area contributed by atoms with Crippen LogP contribution in [0.1, 0.15) is 19.5 Å². The van der Waals surface area contributed by atoms with Gasteiger partial charge in [0.1, 0.15) is 12.1 Å². The first kappa shape index (κ1) is 11.8. The van der Waals surface area contributed by atoms with E-state index in [4.69, 9.17) is 4.42 Å². The van der Waals surface area contributed by atoms with Crippen molar-refractivity contribution in [2.75, 3.05) is 0 Å². The van der Waals surface area contributed by atoms with Gasteiger partial charge in [0.25, 0.3) is 0 Å². The lowest BCUT2D eigenvalue weighted by Gasteiger charge is -2.04. The van der Waals surface area contributed by atoms with Crippen molar-refractivity contribution >= 4 is 0 Å². The Balaban J connectivity index is 2.12. The van der Waals surface area contributed by atoms with E-state index >= 15 is 0 Å². The van der Waals surface area contributed by atoms with Crippen molar-refractivity contribution in [1.29, 1.82) is 0 Å². The van der Waals surface area contributed by atoms with Crippen LogP contribution in [-0.4, -0.2) is 11.0 Å². The summed E-state index contributed by atoms with van der Waals surface area (Å²) >= 11 is 0. The molecule has 1 N–H and O–H groups in total. The highest BCUT2D eigenvalue weighted by Crippen LogP contribution is 2.19. The van der Waals surface area contributed by atoms with Gasteiger partial charge >= 0.3 is 0 Å². The number of hydrogen-bond acceptors (Lipinski definition) is 3. The van der Waals surface area contributed by atoms with Crippen LogP contribution in [0.25, 0.3) is 11.5 Å². The Morgan fingerprint density at radius 2 is 2.24 bits per heavy atom. The molecule has 0 saturated carbocycles. The minimum atomic E-state index is -0.289. The normalized spacial score (nSPS) is 11.1. The number of rotatable bonds is 4. The highest BCUT2D eigenvalue weighted by molar-refractivity contribution is 5.52. The van der Waals surface area contributed by atoms with Crippen molar-refractivity contribution in [3.8, 4) is 11.5 Å². The van der Waals surface area contributed by atoms with Crippen LogP contribution < -0.4 is 5.32 Å². The molecule has 0 aliphatic heterocycles. The molecular weight excluding hydrogens is 219 g/mol. The predicted molar refractivity (Wildman–Crippen MR) is 63.9 cm³/mol. The van der Waals surface area contributed by atoms with Gasteiger partial charge in [-0.1, -0.05) is 19.9 Å². The Morgan fingerprint density at radius 1 is 1.41 bits per heavy atom. The van der Waals surface area contributed by atoms with Crippen LogP contribution in [0.2, 0.25) is 0 Å². The third-order valence-corrected chi connectivity index (χ3v) is 2.31. The molecule has 1 aromatic carbocycles. The van der Waals surface area contributed by atoms with Gasteiger partial charge in [-0.05, 0) is 18.2 Å². The molecule has 90 valence electrons. The van der Waals surface area contributed by atoms with E-state index in [1.807, 2.05) is 0 Å². The van der Waals surface area contributed by atoms with Crippen molar-refractivity contribution in [3.63, 3.8) is 0 Å². The molecule has 0 spiro atoms. The summed E-state index contributed by atoms with van der Waals surface area (Å²) in [6.45, 7) is 4.78. The zero-order chi connectivity index (χ0) is 12.3. The lowest BCUT2D eigenvalue weighted by molar-refractivity contribution is 0.559. The van der Waals surface area contributed by atoms with Crippen LogP contribution >= 0.6 is 0 Å². The zero-order valence-electron chi connectivity index (χ0n) is 9.90. The lowest BCUT2D eigenvalue weighted by Crippen LogP contribution is -2.21. The summed E-state index contributed by atoms with van der Waals surface area (Å²) < 4.78 is 18.4. The minimum absolute atomic E-state index is 0.289. The average molecular weight is 234 g/mol. The highest BCUT2D eigenvalue weighted by atomic mass is 19.1. The molecule has 0 aliphatic carbocycles. The molecule has 4 heteroatoms. The molecule has 0 saturated heterocycles. The van der Waals surface area contributed by atoms with Gasteiger partial charge in [0, 0.05) is 18.2 Å². The molecule has 17 heavy (non-hydrogen) atoms. The van der Waals surface area contributed by atoms with Crippen molar-refractivity contribution in [1.82, 2.24) is 10.3 Å². The first-order valence-electron chi connectivity index (χ1n) is 5.59. The van der Waals surface area contributed by atoms with E-state index in [9.17, 15) is 4.39 Å². The molecule has 1 heterocycles. The number of aromatic nitrogens is 1. The maximum Gasteiger partial charge on any atom is 0.226 e. The van der Waals surface area contributed by atoms with Crippen LogP contribution in [0.4, 0.5) is 4.39 Å². The maximum atomic E-state index is 13.0. The summed E-state index contributed by atoms with van der Waals surface area (Å²) in [5, 5.41) is 3.24. The summed E-state index contributed by atoms with van der Waals surface area (Å²) in [7, 11) is 0. The quantitative estimate of drug-likeness (QED) is 0.883. The van der Waals surface area contributed by atoms with E-state index < -0.39 is 0 Å². The van der Waals surface area contributed by atoms with Crippen molar-refractivity contribution in [2.24, 2.45) is 0 Å². The molecule has 2 rings (SSSR count). The van der Waals surface area contributed by atoms with E-state index in [-0.39, 0.29) is 5.82 Å². The molecular formula is C13H15FN2O. The number of hydrogen-bond donors (Lipinski definition) is 1. The van der Waals surface area contributed by atoms with E-state index in [0.29, 0.717) is 24.0 Å². The van der Waals surface area contributed by atoms with Gasteiger partial charge in [0.05, 0.1) is 5.69 Å². The standard InChI is InChI=1S/C13H15FN2O/c1-9(2)15-7-12-8-17-13(16-12)10-4-3-5-11(14)6-10/h3-6,8-9,15H,7H2,1-2H3. The summed E-state index contributed by atoms with van der Waals surface area (Å²) in [4.78, 5) is 4.30. The monoisotopic (exact) mass is 234 g/mol. The fourth-order valence-corrected chi connectivity index (χ4v) is 1.45. The zero-order valence-corrected chi connectivity index (χ0v) is 9.90. The molecule has 0 aliphatic rings. The third kappa shape index (κ3) is 3.14. The summed E-state index contributed by atoms with van der Waals surface area (Å²) in [5.74, 6) is 0.160. The molecule has 0 unspecified atom stereocenters. The number of oxazole rings is 1. The Morgan fingerprint density at radius 3 is 2.94 bits per heavy atom. The first-order chi connectivity index (χ1) is 8.15. The highest BCUT2D eigenvalue weighted by Gasteiger charge is 2.07. The van der Waals surface area contributed by atoms with Crippen molar-refractivity contribution in [3.05, 3.63) is 42.0 Å². The van der Waals surface area contributed by atoms with Crippen LogP contribution in [0, 0.1) is 5.82 Å². The Kier molecular flexibility index (Phi) is 3.54. The lowest BCUT2D eigenvalue weighted by atomic mass is 10.2. The molecule has 0 atom stereocenters. The Hall–Kier alpha value is -1.68. The maximum absolute atomic E-state index is 13.0. The first-order valence-corrected chi connectivity index (χ1v) is 5.59. The van der Waals surface area contributed by atoms with Gasteiger partial charge < -0.3 is 9.73 Å². The number of nitrogens with one attached hydrogen (secondary N) is 1. The summed E-state index contributed by atoms with van der Waals surface area (Å²) in [5.41, 5.74) is 1.47. The van der Waals surface area contributed by atoms with Crippen LogP contribution in [0.15, 0.2) is 34.9 Å². The minimum Gasteiger partial charge on any atom is -0.444 e. The second-order valence-electron chi connectivity index (χ2n) is 4.19. The smallest absolute Gasteiger partial charge is 0.226 e. The molecule has 2 aromatic rings. The summed E-state index contributed by atoms with van der Waals surface area (Å²) in [6, 6.07) is 6.61. The van der Waals surface area contributed by atoms with Crippen LogP contribution in [-0.2, 0) is 6.54 Å². The van der Waals surface area contributed by atoms with E-state index in [2.05, 4.69) is 24.1 Å². The van der Waals surface area contributed by atoms with Gasteiger partial charge in [-0.3, -0.25) is 0 Å². The molecule has 0 amide bonds. The SMILES string of the molecule is CC(C)NCc1coc(-c2cccc(F)c2)n1. The van der Waals surface area contributed by atoms with Gasteiger partial charge in [-0.25, -0.2) is 9.37 Å². The van der Waals surface area contributed by atoms with Gasteiger partial charge in [-0.2, -0.15) is 0 Å². The predicted octanol–water partition coefficient (Wildman–Crippen LogP) is 2.98. The average Bonchev–Trinajstić information content (AvgIpc) is 2.75. The van der Waals surface area contributed by atoms with E-state index in [1.165, 1.54) is 12.1 Å². The molecule has 0 radical (unpaired) electrons. The molecule has 0 fully saturated rings. The van der Waals surface area contributed by atoms with E-state index in [0.717, 1.165) is 5.69 Å². The van der Waals surface area contributed by atoms with Gasteiger partial charge in [0.15, 0.2) is 0 Å². The second kappa shape index (κ2) is 5.10. The fraction of sp³-hybridized carbons (Fsp3) is 0.308. The topological polar surface area (TPSA) is 38.1 Å². The van der Waals surface area contributed by atoms with Crippen molar-refractivity contribution in [2.45, 2.75) is 26.4 Å². The summed E-state index contributed by atoms with van der Waals surface area (Å²) in [6.07, 6.45) is 1.59.